The van der Waals surface area contributed by atoms with Gasteiger partial charge >= 0.3 is 0 Å². The lowest BCUT2D eigenvalue weighted by Gasteiger charge is -1.96. The number of nitrogens with one attached hydrogen (secondary N) is 1. The standard InChI is InChI=1S/C15H16N2O3/c1-9-7-13(9)14-4-3-11(20-14)8-16-17-15(18)12-5-6-19-10(12)2/h3-6,8-9,13H,7H2,1-2H3,(H,17,18)/b16-8-/t9-,13-/m1/s1. The molecule has 3 rings (SSSR count). The minimum atomic E-state index is -0.296. The number of aryl methyl sites for hydroxylation is 1. The molecule has 5 nitrogen and oxygen atoms in total. The zero-order chi connectivity index (χ0) is 14.1. The number of furan rings is 2. The van der Waals surface area contributed by atoms with Gasteiger partial charge in [-0.3, -0.25) is 4.79 Å². The molecule has 0 aliphatic heterocycles. The van der Waals surface area contributed by atoms with Crippen LogP contribution < -0.4 is 5.43 Å². The zero-order valence-electron chi connectivity index (χ0n) is 11.4. The Kier molecular flexibility index (Phi) is 3.18. The summed E-state index contributed by atoms with van der Waals surface area (Å²) < 4.78 is 10.7. The maximum absolute atomic E-state index is 11.8. The predicted molar refractivity (Wildman–Crippen MR) is 73.7 cm³/mol. The van der Waals surface area contributed by atoms with Gasteiger partial charge in [0.2, 0.25) is 0 Å². The van der Waals surface area contributed by atoms with Crippen molar-refractivity contribution in [3.05, 3.63) is 47.3 Å². The van der Waals surface area contributed by atoms with Crippen LogP contribution in [0.5, 0.6) is 0 Å². The van der Waals surface area contributed by atoms with E-state index in [0.717, 1.165) is 5.76 Å². The lowest BCUT2D eigenvalue weighted by atomic mass is 10.2. The number of hydrazone groups is 1. The average molecular weight is 272 g/mol. The van der Waals surface area contributed by atoms with E-state index in [1.54, 1.807) is 13.0 Å². The van der Waals surface area contributed by atoms with Crippen LogP contribution in [0, 0.1) is 12.8 Å². The lowest BCUT2D eigenvalue weighted by molar-refractivity contribution is 0.0953. The Hall–Kier alpha value is -2.30. The monoisotopic (exact) mass is 272 g/mol. The largest absolute Gasteiger partial charge is 0.469 e. The van der Waals surface area contributed by atoms with Crippen molar-refractivity contribution < 1.29 is 13.6 Å². The van der Waals surface area contributed by atoms with E-state index in [0.29, 0.717) is 28.9 Å². The van der Waals surface area contributed by atoms with Crippen molar-refractivity contribution in [3.63, 3.8) is 0 Å². The van der Waals surface area contributed by atoms with Crippen LogP contribution in [0.3, 0.4) is 0 Å². The third-order valence-electron chi connectivity index (χ3n) is 3.58. The van der Waals surface area contributed by atoms with Crippen LogP contribution in [-0.2, 0) is 0 Å². The number of carbonyl (C=O) groups is 1. The molecule has 0 spiro atoms. The molecule has 2 aromatic rings. The van der Waals surface area contributed by atoms with Crippen LogP contribution in [0.15, 0.2) is 38.4 Å². The molecule has 1 N–H and O–H groups in total. The summed E-state index contributed by atoms with van der Waals surface area (Å²) in [6.07, 6.45) is 4.16. The molecule has 1 aliphatic rings. The van der Waals surface area contributed by atoms with Gasteiger partial charge in [0.05, 0.1) is 18.0 Å². The van der Waals surface area contributed by atoms with E-state index in [1.165, 1.54) is 18.9 Å². The molecule has 0 radical (unpaired) electrons. The van der Waals surface area contributed by atoms with Gasteiger partial charge < -0.3 is 8.83 Å². The van der Waals surface area contributed by atoms with Gasteiger partial charge in [-0.05, 0) is 37.5 Å². The van der Waals surface area contributed by atoms with Crippen molar-refractivity contribution in [3.8, 4) is 0 Å². The first-order valence-corrected chi connectivity index (χ1v) is 6.62. The second kappa shape index (κ2) is 5.00. The van der Waals surface area contributed by atoms with Gasteiger partial charge in [0.25, 0.3) is 5.91 Å². The fraction of sp³-hybridized carbons (Fsp3) is 0.333. The minimum absolute atomic E-state index is 0.296. The highest BCUT2D eigenvalue weighted by atomic mass is 16.3. The molecule has 1 amide bonds. The van der Waals surface area contributed by atoms with Crippen LogP contribution in [0.2, 0.25) is 0 Å². The van der Waals surface area contributed by atoms with Crippen molar-refractivity contribution in [2.24, 2.45) is 11.0 Å². The van der Waals surface area contributed by atoms with E-state index < -0.39 is 0 Å². The number of amides is 1. The summed E-state index contributed by atoms with van der Waals surface area (Å²) in [5.41, 5.74) is 2.93. The van der Waals surface area contributed by atoms with Gasteiger partial charge in [0, 0.05) is 5.92 Å². The van der Waals surface area contributed by atoms with Crippen LogP contribution in [0.4, 0.5) is 0 Å². The summed E-state index contributed by atoms with van der Waals surface area (Å²) in [5, 5.41) is 3.89. The molecule has 1 saturated carbocycles. The Morgan fingerprint density at radius 3 is 2.90 bits per heavy atom. The Bertz CT molecular complexity index is 654. The third-order valence-corrected chi connectivity index (χ3v) is 3.58. The van der Waals surface area contributed by atoms with Gasteiger partial charge in [-0.1, -0.05) is 6.92 Å². The quantitative estimate of drug-likeness (QED) is 0.687. The molecule has 104 valence electrons. The fourth-order valence-electron chi connectivity index (χ4n) is 2.19. The second-order valence-electron chi connectivity index (χ2n) is 5.15. The number of hydrogen-bond acceptors (Lipinski definition) is 4. The van der Waals surface area contributed by atoms with Gasteiger partial charge in [0.1, 0.15) is 17.3 Å². The summed E-state index contributed by atoms with van der Waals surface area (Å²) in [6.45, 7) is 3.93. The first-order valence-electron chi connectivity index (χ1n) is 6.62. The Morgan fingerprint density at radius 2 is 2.25 bits per heavy atom. The molecule has 5 heteroatoms. The zero-order valence-corrected chi connectivity index (χ0v) is 11.4. The van der Waals surface area contributed by atoms with Crippen LogP contribution in [0.1, 0.15) is 46.9 Å². The molecule has 0 bridgehead atoms. The molecule has 1 fully saturated rings. The minimum Gasteiger partial charge on any atom is -0.469 e. The highest BCUT2D eigenvalue weighted by molar-refractivity contribution is 5.95. The highest BCUT2D eigenvalue weighted by Gasteiger charge is 2.36. The molecule has 2 heterocycles. The van der Waals surface area contributed by atoms with Crippen molar-refractivity contribution >= 4 is 12.1 Å². The average Bonchev–Trinajstić information content (AvgIpc) is 2.83. The fourth-order valence-corrected chi connectivity index (χ4v) is 2.19. The molecular weight excluding hydrogens is 256 g/mol. The van der Waals surface area contributed by atoms with E-state index >= 15 is 0 Å². The van der Waals surface area contributed by atoms with E-state index in [2.05, 4.69) is 17.5 Å². The summed E-state index contributed by atoms with van der Waals surface area (Å²) >= 11 is 0. The van der Waals surface area contributed by atoms with Crippen molar-refractivity contribution in [2.45, 2.75) is 26.2 Å². The third kappa shape index (κ3) is 2.52. The highest BCUT2D eigenvalue weighted by Crippen LogP contribution is 2.47. The summed E-state index contributed by atoms with van der Waals surface area (Å²) in [4.78, 5) is 11.8. The van der Waals surface area contributed by atoms with Gasteiger partial charge in [-0.25, -0.2) is 5.43 Å². The van der Waals surface area contributed by atoms with Gasteiger partial charge in [-0.15, -0.1) is 0 Å². The van der Waals surface area contributed by atoms with Crippen LogP contribution in [0.25, 0.3) is 0 Å². The Balaban J connectivity index is 1.59. The predicted octanol–water partition coefficient (Wildman–Crippen LogP) is 3.07. The van der Waals surface area contributed by atoms with Crippen molar-refractivity contribution in [2.75, 3.05) is 0 Å². The maximum Gasteiger partial charge on any atom is 0.274 e. The molecule has 2 atom stereocenters. The molecule has 2 aromatic heterocycles. The summed E-state index contributed by atoms with van der Waals surface area (Å²) in [7, 11) is 0. The Labute approximate surface area is 116 Å². The topological polar surface area (TPSA) is 67.7 Å². The van der Waals surface area contributed by atoms with Gasteiger partial charge in [0.15, 0.2) is 0 Å². The smallest absolute Gasteiger partial charge is 0.274 e. The van der Waals surface area contributed by atoms with E-state index in [9.17, 15) is 4.79 Å². The van der Waals surface area contributed by atoms with Crippen LogP contribution in [-0.4, -0.2) is 12.1 Å². The number of carbonyl (C=O) groups excluding carboxylic acids is 1. The first-order chi connectivity index (χ1) is 9.65. The summed E-state index contributed by atoms with van der Waals surface area (Å²) in [5.74, 6) is 3.16. The number of nitrogens with zero attached hydrogens (tertiary/aromatic N) is 1. The maximum atomic E-state index is 11.8. The lowest BCUT2D eigenvalue weighted by Crippen LogP contribution is -2.17. The number of rotatable bonds is 4. The van der Waals surface area contributed by atoms with E-state index in [-0.39, 0.29) is 5.91 Å². The van der Waals surface area contributed by atoms with Crippen molar-refractivity contribution in [1.29, 1.82) is 0 Å². The summed E-state index contributed by atoms with van der Waals surface area (Å²) in [6, 6.07) is 5.44. The second-order valence-corrected chi connectivity index (χ2v) is 5.15. The van der Waals surface area contributed by atoms with E-state index in [1.807, 2.05) is 12.1 Å². The first kappa shape index (κ1) is 12.7. The Morgan fingerprint density at radius 1 is 1.45 bits per heavy atom. The van der Waals surface area contributed by atoms with E-state index in [4.69, 9.17) is 8.83 Å². The molecule has 20 heavy (non-hydrogen) atoms. The normalized spacial score (nSPS) is 21.3. The van der Waals surface area contributed by atoms with Crippen LogP contribution >= 0.6 is 0 Å². The SMILES string of the molecule is Cc1occc1C(=O)N/N=C\c1ccc([C@@H]2C[C@H]2C)o1. The number of hydrogen-bond donors (Lipinski definition) is 1. The molecule has 0 aromatic carbocycles. The molecule has 0 unspecified atom stereocenters. The molecule has 0 saturated heterocycles. The van der Waals surface area contributed by atoms with Gasteiger partial charge in [-0.2, -0.15) is 5.10 Å². The molecular formula is C15H16N2O3. The molecule has 1 aliphatic carbocycles. The van der Waals surface area contributed by atoms with Crippen molar-refractivity contribution in [1.82, 2.24) is 5.43 Å².